The zero-order chi connectivity index (χ0) is 24.1. The fourth-order valence-corrected chi connectivity index (χ4v) is 4.74. The van der Waals surface area contributed by atoms with Crippen LogP contribution in [0.4, 0.5) is 4.79 Å². The number of aliphatic carboxylic acids is 1. The minimum atomic E-state index is -1.05. The molecule has 0 saturated carbocycles. The molecule has 0 saturated heterocycles. The first-order valence-corrected chi connectivity index (χ1v) is 11.8. The lowest BCUT2D eigenvalue weighted by Crippen LogP contribution is -2.47. The molecule has 1 aliphatic rings. The van der Waals surface area contributed by atoms with Crippen LogP contribution < -0.4 is 10.6 Å². The van der Waals surface area contributed by atoms with Gasteiger partial charge in [-0.05, 0) is 53.2 Å². The lowest BCUT2D eigenvalue weighted by atomic mass is 9.98. The van der Waals surface area contributed by atoms with E-state index in [1.807, 2.05) is 48.5 Å². The van der Waals surface area contributed by atoms with Crippen LogP contribution in [0.25, 0.3) is 11.1 Å². The number of nitrogens with zero attached hydrogens (tertiary/aromatic N) is 1. The van der Waals surface area contributed by atoms with Crippen molar-refractivity contribution in [1.29, 1.82) is 0 Å². The second kappa shape index (κ2) is 10.5. The number of rotatable bonds is 9. The summed E-state index contributed by atoms with van der Waals surface area (Å²) in [4.78, 5) is 37.3. The van der Waals surface area contributed by atoms with Crippen molar-refractivity contribution < 1.29 is 24.2 Å². The molecule has 2 amide bonds. The Hall–Kier alpha value is -3.72. The first-order chi connectivity index (χ1) is 16.4. The smallest absolute Gasteiger partial charge is 0.407 e. The average molecular weight is 480 g/mol. The van der Waals surface area contributed by atoms with Crippen LogP contribution in [-0.2, 0) is 14.3 Å². The normalized spacial score (nSPS) is 13.9. The highest BCUT2D eigenvalue weighted by Gasteiger charge is 2.30. The maximum atomic E-state index is 12.8. The number of benzene rings is 2. The predicted octanol–water partition coefficient (Wildman–Crippen LogP) is 4.09. The Morgan fingerprint density at radius 2 is 1.68 bits per heavy atom. The van der Waals surface area contributed by atoms with Crippen molar-refractivity contribution in [2.24, 2.45) is 0 Å². The van der Waals surface area contributed by atoms with Gasteiger partial charge >= 0.3 is 12.1 Å². The van der Waals surface area contributed by atoms with Gasteiger partial charge in [0.1, 0.15) is 12.6 Å². The van der Waals surface area contributed by atoms with E-state index < -0.39 is 24.0 Å². The summed E-state index contributed by atoms with van der Waals surface area (Å²) in [5, 5.41) is 14.4. The molecule has 0 radical (unpaired) electrons. The topological polar surface area (TPSA) is 118 Å². The molecule has 34 heavy (non-hydrogen) atoms. The quantitative estimate of drug-likeness (QED) is 0.425. The highest BCUT2D eigenvalue weighted by molar-refractivity contribution is 7.05. The molecule has 1 heterocycles. The van der Waals surface area contributed by atoms with E-state index in [9.17, 15) is 14.4 Å². The molecule has 8 nitrogen and oxygen atoms in total. The third-order valence-electron chi connectivity index (χ3n) is 5.84. The van der Waals surface area contributed by atoms with E-state index in [1.165, 1.54) is 11.5 Å². The molecule has 0 aliphatic heterocycles. The summed E-state index contributed by atoms with van der Waals surface area (Å²) in [6, 6.07) is 16.4. The van der Waals surface area contributed by atoms with Gasteiger partial charge in [0, 0.05) is 23.4 Å². The molecule has 3 aromatic rings. The van der Waals surface area contributed by atoms with Crippen LogP contribution in [0.3, 0.4) is 0 Å². The van der Waals surface area contributed by atoms with Gasteiger partial charge in [0.2, 0.25) is 5.91 Å². The van der Waals surface area contributed by atoms with Crippen LogP contribution in [0.5, 0.6) is 0 Å². The van der Waals surface area contributed by atoms with Crippen molar-refractivity contribution in [2.45, 2.75) is 37.8 Å². The monoisotopic (exact) mass is 479 g/mol. The Balaban J connectivity index is 1.41. The van der Waals surface area contributed by atoms with E-state index in [4.69, 9.17) is 9.84 Å². The Morgan fingerprint density at radius 1 is 1.03 bits per heavy atom. The van der Waals surface area contributed by atoms with E-state index in [0.29, 0.717) is 0 Å². The number of ether oxygens (including phenoxy) is 1. The van der Waals surface area contributed by atoms with Crippen LogP contribution in [-0.4, -0.2) is 40.1 Å². The molecule has 2 aromatic carbocycles. The predicted molar refractivity (Wildman–Crippen MR) is 128 cm³/mol. The summed E-state index contributed by atoms with van der Waals surface area (Å²) in [5.74, 6) is -1.64. The number of carbonyl (C=O) groups is 3. The van der Waals surface area contributed by atoms with Crippen molar-refractivity contribution in [2.75, 3.05) is 6.61 Å². The molecule has 0 bridgehead atoms. The summed E-state index contributed by atoms with van der Waals surface area (Å²) in [7, 11) is 0. The summed E-state index contributed by atoms with van der Waals surface area (Å²) in [6.45, 7) is 1.90. The summed E-state index contributed by atoms with van der Waals surface area (Å²) in [6.07, 6.45) is 0.551. The lowest BCUT2D eigenvalue weighted by molar-refractivity contribution is -0.137. The second-order valence-electron chi connectivity index (χ2n) is 8.10. The van der Waals surface area contributed by atoms with E-state index in [2.05, 4.69) is 15.0 Å². The molecular weight excluding hydrogens is 454 g/mol. The molecule has 4 rings (SSSR count). The minimum Gasteiger partial charge on any atom is -0.481 e. The first kappa shape index (κ1) is 23.4. The van der Waals surface area contributed by atoms with Gasteiger partial charge < -0.3 is 20.5 Å². The van der Waals surface area contributed by atoms with E-state index >= 15 is 0 Å². The van der Waals surface area contributed by atoms with Crippen LogP contribution in [0.15, 0.2) is 60.8 Å². The highest BCUT2D eigenvalue weighted by atomic mass is 32.1. The highest BCUT2D eigenvalue weighted by Crippen LogP contribution is 2.44. The van der Waals surface area contributed by atoms with Crippen LogP contribution in [0.1, 0.15) is 47.7 Å². The van der Waals surface area contributed by atoms with E-state index in [-0.39, 0.29) is 31.4 Å². The average Bonchev–Trinajstić information content (AvgIpc) is 3.47. The number of alkyl carbamates (subject to hydrolysis) is 1. The van der Waals surface area contributed by atoms with E-state index in [1.54, 1.807) is 19.2 Å². The first-order valence-electron chi connectivity index (χ1n) is 11.0. The molecule has 0 spiro atoms. The fourth-order valence-electron chi connectivity index (χ4n) is 4.15. The Labute approximate surface area is 201 Å². The Morgan fingerprint density at radius 3 is 2.26 bits per heavy atom. The standard InChI is InChI=1S/C25H25N3O5S/c1-15(22-12-13-26-34-22)27-24(31)21(10-11-23(29)30)28-25(32)33-14-20-18-8-4-2-6-16(18)17-7-3-5-9-19(17)20/h2-9,12-13,15,20-21H,10-11,14H2,1H3,(H,27,31)(H,28,32)(H,29,30). The van der Waals surface area contributed by atoms with Crippen molar-refractivity contribution >= 4 is 29.5 Å². The molecule has 2 atom stereocenters. The zero-order valence-corrected chi connectivity index (χ0v) is 19.4. The van der Waals surface area contributed by atoms with Crippen LogP contribution in [0, 0.1) is 0 Å². The van der Waals surface area contributed by atoms with Gasteiger partial charge in [-0.15, -0.1) is 0 Å². The fraction of sp³-hybridized carbons (Fsp3) is 0.280. The van der Waals surface area contributed by atoms with Crippen LogP contribution in [0.2, 0.25) is 0 Å². The van der Waals surface area contributed by atoms with Gasteiger partial charge in [-0.2, -0.15) is 0 Å². The zero-order valence-electron chi connectivity index (χ0n) is 18.6. The van der Waals surface area contributed by atoms with Gasteiger partial charge in [-0.1, -0.05) is 48.5 Å². The minimum absolute atomic E-state index is 0.0548. The molecule has 1 aromatic heterocycles. The third-order valence-corrected chi connectivity index (χ3v) is 6.77. The SMILES string of the molecule is CC(NC(=O)C(CCC(=O)O)NC(=O)OCC1c2ccccc2-c2ccccc21)c1ccns1. The molecule has 3 N–H and O–H groups in total. The van der Waals surface area contributed by atoms with Crippen molar-refractivity contribution in [3.05, 3.63) is 76.8 Å². The van der Waals surface area contributed by atoms with Gasteiger partial charge in [0.25, 0.3) is 0 Å². The summed E-state index contributed by atoms with van der Waals surface area (Å²) >= 11 is 1.26. The van der Waals surface area contributed by atoms with Gasteiger partial charge in [-0.25, -0.2) is 9.17 Å². The number of hydrogen-bond donors (Lipinski definition) is 3. The van der Waals surface area contributed by atoms with E-state index in [0.717, 1.165) is 27.1 Å². The lowest BCUT2D eigenvalue weighted by Gasteiger charge is -2.21. The van der Waals surface area contributed by atoms with Crippen molar-refractivity contribution in [3.63, 3.8) is 0 Å². The summed E-state index contributed by atoms with van der Waals surface area (Å²) < 4.78 is 9.54. The molecular formula is C25H25N3O5S. The van der Waals surface area contributed by atoms with Gasteiger partial charge in [0.05, 0.1) is 6.04 Å². The maximum absolute atomic E-state index is 12.8. The molecule has 9 heteroatoms. The maximum Gasteiger partial charge on any atom is 0.407 e. The van der Waals surface area contributed by atoms with Gasteiger partial charge in [0.15, 0.2) is 0 Å². The molecule has 0 fully saturated rings. The van der Waals surface area contributed by atoms with Crippen LogP contribution >= 0.6 is 11.5 Å². The molecule has 176 valence electrons. The number of nitrogens with one attached hydrogen (secondary N) is 2. The van der Waals surface area contributed by atoms with Crippen molar-refractivity contribution in [1.82, 2.24) is 15.0 Å². The summed E-state index contributed by atoms with van der Waals surface area (Å²) in [5.41, 5.74) is 4.39. The third kappa shape index (κ3) is 5.26. The largest absolute Gasteiger partial charge is 0.481 e. The number of aromatic nitrogens is 1. The number of carboxylic acid groups (broad SMARTS) is 1. The number of fused-ring (bicyclic) bond motifs is 3. The number of carboxylic acids is 1. The number of hydrogen-bond acceptors (Lipinski definition) is 6. The molecule has 2 unspecified atom stereocenters. The number of amides is 2. The Kier molecular flexibility index (Phi) is 7.22. The van der Waals surface area contributed by atoms with Crippen molar-refractivity contribution in [3.8, 4) is 11.1 Å². The number of carbonyl (C=O) groups excluding carboxylic acids is 2. The van der Waals surface area contributed by atoms with Gasteiger partial charge in [-0.3, -0.25) is 9.59 Å². The second-order valence-corrected chi connectivity index (χ2v) is 8.96. The Bertz CT molecular complexity index is 1140. The molecule has 1 aliphatic carbocycles.